The predicted molar refractivity (Wildman–Crippen MR) is 183 cm³/mol. The fourth-order valence-electron chi connectivity index (χ4n) is 5.50. The van der Waals surface area contributed by atoms with Crippen molar-refractivity contribution in [2.45, 2.75) is 38.1 Å². The maximum absolute atomic E-state index is 15.3. The first-order chi connectivity index (χ1) is 21.9. The summed E-state index contributed by atoms with van der Waals surface area (Å²) >= 11 is 3.46. The molecule has 0 aliphatic carbocycles. The highest BCUT2D eigenvalue weighted by molar-refractivity contribution is 9.10. The summed E-state index contributed by atoms with van der Waals surface area (Å²) in [6.07, 6.45) is 6.91. The van der Waals surface area contributed by atoms with Crippen molar-refractivity contribution in [3.05, 3.63) is 40.8 Å². The van der Waals surface area contributed by atoms with E-state index in [0.717, 1.165) is 60.8 Å². The van der Waals surface area contributed by atoms with E-state index in [0.29, 0.717) is 35.0 Å². The molecule has 0 saturated carbocycles. The van der Waals surface area contributed by atoms with Gasteiger partial charge in [0, 0.05) is 56.6 Å². The summed E-state index contributed by atoms with van der Waals surface area (Å²) < 4.78 is 59.8. The van der Waals surface area contributed by atoms with E-state index in [1.807, 2.05) is 12.1 Å². The number of nitrogens with one attached hydrogen (secondary N) is 2. The summed E-state index contributed by atoms with van der Waals surface area (Å²) in [6.45, 7) is 2.52. The number of methoxy groups -OCH3 is 1. The van der Waals surface area contributed by atoms with Crippen LogP contribution in [0.4, 0.5) is 38.9 Å². The summed E-state index contributed by atoms with van der Waals surface area (Å²) in [7, 11) is 3.57. The normalized spacial score (nSPS) is 16.3. The second-order valence-electron chi connectivity index (χ2n) is 11.6. The van der Waals surface area contributed by atoms with Crippen LogP contribution < -0.4 is 34.0 Å². The van der Waals surface area contributed by atoms with Crippen molar-refractivity contribution in [1.82, 2.24) is 14.9 Å². The summed E-state index contributed by atoms with van der Waals surface area (Å²) in [4.78, 5) is 13.7. The molecule has 3 aliphatic heterocycles. The average Bonchev–Trinajstić information content (AvgIpc) is 3.02. The van der Waals surface area contributed by atoms with E-state index in [2.05, 4.69) is 60.4 Å². The number of hydrogen-bond donors (Lipinski definition) is 2. The third-order valence-corrected chi connectivity index (χ3v) is 10.0. The Kier molecular flexibility index (Phi) is 10.6. The third-order valence-electron chi connectivity index (χ3n) is 8.25. The fraction of sp³-hybridized carbons (Fsp3) is 0.484. The zero-order valence-electron chi connectivity index (χ0n) is 26.8. The minimum atomic E-state index is -3.69. The van der Waals surface area contributed by atoms with Crippen LogP contribution in [0.15, 0.2) is 34.9 Å². The molecular formula is C31H41BrFN7O5S. The van der Waals surface area contributed by atoms with Crippen LogP contribution in [0.1, 0.15) is 32.1 Å². The van der Waals surface area contributed by atoms with Gasteiger partial charge in [-0.05, 0) is 62.1 Å². The lowest BCUT2D eigenvalue weighted by Crippen LogP contribution is -2.42. The number of halogens is 2. The van der Waals surface area contributed by atoms with E-state index >= 15 is 4.39 Å². The quantitative estimate of drug-likeness (QED) is 0.336. The van der Waals surface area contributed by atoms with E-state index in [4.69, 9.17) is 14.2 Å². The Morgan fingerprint density at radius 3 is 2.35 bits per heavy atom. The van der Waals surface area contributed by atoms with E-state index < -0.39 is 15.8 Å². The molecule has 4 heterocycles. The number of anilines is 6. The maximum atomic E-state index is 15.3. The zero-order chi connectivity index (χ0) is 33.0. The van der Waals surface area contributed by atoms with Crippen molar-refractivity contribution in [3.63, 3.8) is 0 Å². The van der Waals surface area contributed by atoms with Gasteiger partial charge in [0.05, 0.1) is 53.8 Å². The number of benzene rings is 2. The van der Waals surface area contributed by atoms with E-state index in [1.165, 1.54) is 19.2 Å². The molecule has 46 heavy (non-hydrogen) atoms. The molecule has 0 atom stereocenters. The van der Waals surface area contributed by atoms with Crippen molar-refractivity contribution in [2.24, 2.45) is 0 Å². The van der Waals surface area contributed by atoms with Crippen LogP contribution in [-0.2, 0) is 10.0 Å². The van der Waals surface area contributed by atoms with Gasteiger partial charge in [-0.15, -0.1) is 0 Å². The van der Waals surface area contributed by atoms with Crippen molar-refractivity contribution >= 4 is 60.5 Å². The first-order valence-electron chi connectivity index (χ1n) is 15.2. The monoisotopic (exact) mass is 721 g/mol. The number of hydrogen-bond acceptors (Lipinski definition) is 11. The molecule has 6 rings (SSSR count). The second-order valence-corrected chi connectivity index (χ2v) is 14.5. The molecule has 0 spiro atoms. The van der Waals surface area contributed by atoms with E-state index in [-0.39, 0.29) is 35.5 Å². The SMILES string of the molecule is COc1cc(N2CCC(N(C)C)CC2)c2cc1Nc1ncc(Br)c(n1)Nc1cc(F)c(cc1N(C)S(C)(=O)=O)OCCCCCO2. The lowest BCUT2D eigenvalue weighted by molar-refractivity contribution is 0.248. The molecule has 2 N–H and O–H groups in total. The molecule has 1 aromatic heterocycles. The van der Waals surface area contributed by atoms with Crippen molar-refractivity contribution < 1.29 is 27.0 Å². The van der Waals surface area contributed by atoms with Gasteiger partial charge in [-0.2, -0.15) is 4.98 Å². The van der Waals surface area contributed by atoms with Crippen molar-refractivity contribution in [3.8, 4) is 17.2 Å². The highest BCUT2D eigenvalue weighted by atomic mass is 79.9. The van der Waals surface area contributed by atoms with Gasteiger partial charge in [-0.25, -0.2) is 17.8 Å². The number of sulfonamides is 1. The Bertz CT molecular complexity index is 1650. The number of nitrogens with zero attached hydrogens (tertiary/aromatic N) is 5. The topological polar surface area (TPSA) is 121 Å². The smallest absolute Gasteiger partial charge is 0.232 e. The van der Waals surface area contributed by atoms with Gasteiger partial charge < -0.3 is 34.6 Å². The minimum absolute atomic E-state index is 0.0415. The van der Waals surface area contributed by atoms with Crippen LogP contribution in [-0.4, -0.2) is 90.1 Å². The Balaban J connectivity index is 1.53. The Labute approximate surface area is 278 Å². The van der Waals surface area contributed by atoms with Crippen molar-refractivity contribution in [1.29, 1.82) is 0 Å². The van der Waals surface area contributed by atoms with Crippen molar-refractivity contribution in [2.75, 3.05) is 80.7 Å². The summed E-state index contributed by atoms with van der Waals surface area (Å²) in [5, 5.41) is 6.32. The summed E-state index contributed by atoms with van der Waals surface area (Å²) in [5.74, 6) is 1.15. The summed E-state index contributed by atoms with van der Waals surface area (Å²) in [6, 6.07) is 7.01. The highest BCUT2D eigenvalue weighted by Crippen LogP contribution is 2.42. The molecule has 3 aliphatic rings. The third kappa shape index (κ3) is 7.86. The molecule has 15 heteroatoms. The first kappa shape index (κ1) is 33.8. The largest absolute Gasteiger partial charge is 0.494 e. The Hall–Kier alpha value is -3.56. The van der Waals surface area contributed by atoms with Gasteiger partial charge in [-0.1, -0.05) is 0 Å². The Morgan fingerprint density at radius 1 is 1.00 bits per heavy atom. The molecule has 6 bridgehead atoms. The lowest BCUT2D eigenvalue weighted by Gasteiger charge is -2.37. The molecule has 1 fully saturated rings. The van der Waals surface area contributed by atoms with Gasteiger partial charge in [0.25, 0.3) is 0 Å². The fourth-order valence-corrected chi connectivity index (χ4v) is 6.30. The minimum Gasteiger partial charge on any atom is -0.494 e. The van der Waals surface area contributed by atoms with Crippen LogP contribution in [0.5, 0.6) is 17.2 Å². The summed E-state index contributed by atoms with van der Waals surface area (Å²) in [5.41, 5.74) is 1.95. The van der Waals surface area contributed by atoms with Gasteiger partial charge in [0.1, 0.15) is 17.3 Å². The zero-order valence-corrected chi connectivity index (χ0v) is 29.2. The second kappa shape index (κ2) is 14.5. The average molecular weight is 723 g/mol. The van der Waals surface area contributed by atoms with Crippen LogP contribution in [0.25, 0.3) is 0 Å². The maximum Gasteiger partial charge on any atom is 0.232 e. The van der Waals surface area contributed by atoms with Crippen LogP contribution in [0.2, 0.25) is 0 Å². The molecular weight excluding hydrogens is 681 g/mol. The molecule has 0 amide bonds. The van der Waals surface area contributed by atoms with Gasteiger partial charge >= 0.3 is 0 Å². The number of ether oxygens (including phenoxy) is 3. The molecule has 250 valence electrons. The first-order valence-corrected chi connectivity index (χ1v) is 17.8. The molecule has 3 aromatic rings. The predicted octanol–water partition coefficient (Wildman–Crippen LogP) is 5.74. The van der Waals surface area contributed by atoms with E-state index in [9.17, 15) is 8.42 Å². The molecule has 0 radical (unpaired) electrons. The molecule has 12 nitrogen and oxygen atoms in total. The van der Waals surface area contributed by atoms with Gasteiger partial charge in [-0.3, -0.25) is 4.31 Å². The van der Waals surface area contributed by atoms with Gasteiger partial charge in [0.15, 0.2) is 11.6 Å². The van der Waals surface area contributed by atoms with Crippen LogP contribution in [0, 0.1) is 5.82 Å². The molecule has 2 aromatic carbocycles. The van der Waals surface area contributed by atoms with E-state index in [1.54, 1.807) is 13.3 Å². The molecule has 0 unspecified atom stereocenters. The van der Waals surface area contributed by atoms with Gasteiger partial charge in [0.2, 0.25) is 16.0 Å². The lowest BCUT2D eigenvalue weighted by atomic mass is 10.0. The number of fused-ring (bicyclic) bond motifs is 8. The van der Waals surface area contributed by atoms with Crippen LogP contribution >= 0.6 is 15.9 Å². The number of rotatable bonds is 5. The number of aromatic nitrogens is 2. The number of piperidine rings is 1. The van der Waals surface area contributed by atoms with Crippen LogP contribution in [0.3, 0.4) is 0 Å². The molecule has 1 saturated heterocycles. The highest BCUT2D eigenvalue weighted by Gasteiger charge is 2.25. The Morgan fingerprint density at radius 2 is 1.70 bits per heavy atom. The standard InChI is InChI=1S/C31H41BrFN7O5S/c1-38(2)20-9-11-40(12-10-20)26-18-28(43-4)24-16-29(26)45-14-8-6-7-13-44-27-17-25(39(3)46(5,41)42)23(15-22(27)33)35-30-21(32)19-34-31(36-24)37-30/h15-20H,6-14H2,1-5H3,(H2,34,35,36,37).